The summed E-state index contributed by atoms with van der Waals surface area (Å²) in [7, 11) is 1.78. The Bertz CT molecular complexity index is 222. The van der Waals surface area contributed by atoms with Gasteiger partial charge in [-0.25, -0.2) is 0 Å². The molecule has 0 spiro atoms. The van der Waals surface area contributed by atoms with E-state index in [9.17, 15) is 4.79 Å². The number of carbonyl (C=O) groups is 1. The van der Waals surface area contributed by atoms with Gasteiger partial charge in [0.25, 0.3) is 0 Å². The Balaban J connectivity index is 4.11. The van der Waals surface area contributed by atoms with E-state index in [0.717, 1.165) is 6.42 Å². The predicted molar refractivity (Wildman–Crippen MR) is 55.6 cm³/mol. The third-order valence-corrected chi connectivity index (χ3v) is 2.34. The van der Waals surface area contributed by atoms with E-state index < -0.39 is 0 Å². The van der Waals surface area contributed by atoms with Gasteiger partial charge >= 0.3 is 0 Å². The second kappa shape index (κ2) is 6.39. The Morgan fingerprint density at radius 3 is 2.57 bits per heavy atom. The Morgan fingerprint density at radius 2 is 2.14 bits per heavy atom. The van der Waals surface area contributed by atoms with Gasteiger partial charge in [0, 0.05) is 6.54 Å². The normalized spacial score (nSPS) is 14.6. The topological polar surface area (TPSA) is 56.1 Å². The van der Waals surface area contributed by atoms with Crippen molar-refractivity contribution in [2.24, 2.45) is 0 Å². The molecule has 0 saturated heterocycles. The van der Waals surface area contributed by atoms with Gasteiger partial charge in [-0.1, -0.05) is 6.92 Å². The third-order valence-electron chi connectivity index (χ3n) is 2.34. The molecule has 1 N–H and O–H groups in total. The minimum Gasteiger partial charge on any atom is -0.355 e. The van der Waals surface area contributed by atoms with Crippen LogP contribution in [0.2, 0.25) is 0 Å². The fourth-order valence-corrected chi connectivity index (χ4v) is 1.01. The first-order chi connectivity index (χ1) is 6.54. The second-order valence-corrected chi connectivity index (χ2v) is 3.44. The van der Waals surface area contributed by atoms with Crippen LogP contribution in [0.15, 0.2) is 0 Å². The zero-order valence-corrected chi connectivity index (χ0v) is 9.37. The van der Waals surface area contributed by atoms with E-state index in [1.165, 1.54) is 0 Å². The molecule has 0 aromatic heterocycles. The number of carbonyl (C=O) groups excluding carboxylic acids is 1. The van der Waals surface area contributed by atoms with Gasteiger partial charge in [-0.05, 0) is 27.3 Å². The van der Waals surface area contributed by atoms with E-state index in [-0.39, 0.29) is 18.0 Å². The predicted octanol–water partition coefficient (Wildman–Crippen LogP) is 0.745. The molecule has 0 heterocycles. The standard InChI is InChI=1S/C10H19N3O/c1-5-6-12-10(14)9(3)13(4)8(2)7-11/h8-9H,5-6H2,1-4H3,(H,12,14). The Labute approximate surface area is 85.9 Å². The van der Waals surface area contributed by atoms with Gasteiger partial charge < -0.3 is 5.32 Å². The fraction of sp³-hybridized carbons (Fsp3) is 0.800. The largest absolute Gasteiger partial charge is 0.355 e. The molecule has 4 heteroatoms. The zero-order valence-electron chi connectivity index (χ0n) is 9.37. The van der Waals surface area contributed by atoms with Gasteiger partial charge in [-0.2, -0.15) is 5.26 Å². The first kappa shape index (κ1) is 12.9. The molecule has 0 aliphatic rings. The van der Waals surface area contributed by atoms with Gasteiger partial charge in [-0.15, -0.1) is 0 Å². The van der Waals surface area contributed by atoms with Crippen molar-refractivity contribution in [3.63, 3.8) is 0 Å². The number of nitriles is 1. The molecule has 2 unspecified atom stereocenters. The first-order valence-corrected chi connectivity index (χ1v) is 4.93. The molecule has 80 valence electrons. The third kappa shape index (κ3) is 3.75. The summed E-state index contributed by atoms with van der Waals surface area (Å²) in [5.74, 6) is -0.0172. The average Bonchev–Trinajstić information content (AvgIpc) is 2.22. The number of rotatable bonds is 5. The summed E-state index contributed by atoms with van der Waals surface area (Å²) in [5, 5.41) is 11.5. The molecule has 14 heavy (non-hydrogen) atoms. The summed E-state index contributed by atoms with van der Waals surface area (Å²) >= 11 is 0. The molecule has 0 aromatic carbocycles. The number of likely N-dealkylation sites (N-methyl/N-ethyl adjacent to an activating group) is 1. The second-order valence-electron chi connectivity index (χ2n) is 3.44. The molecule has 0 aromatic rings. The van der Waals surface area contributed by atoms with Gasteiger partial charge in [0.1, 0.15) is 0 Å². The van der Waals surface area contributed by atoms with Crippen molar-refractivity contribution in [2.45, 2.75) is 39.3 Å². The molecule has 0 radical (unpaired) electrons. The highest BCUT2D eigenvalue weighted by atomic mass is 16.2. The SMILES string of the molecule is CCCNC(=O)C(C)N(C)C(C)C#N. The molecule has 0 fully saturated rings. The van der Waals surface area contributed by atoms with E-state index in [0.29, 0.717) is 6.54 Å². The van der Waals surface area contributed by atoms with Gasteiger partial charge in [0.15, 0.2) is 0 Å². The molecule has 0 aliphatic carbocycles. The van der Waals surface area contributed by atoms with E-state index in [4.69, 9.17) is 5.26 Å². The lowest BCUT2D eigenvalue weighted by Gasteiger charge is -2.25. The molecule has 2 atom stereocenters. The van der Waals surface area contributed by atoms with Crippen molar-refractivity contribution >= 4 is 5.91 Å². The summed E-state index contributed by atoms with van der Waals surface area (Å²) in [6.07, 6.45) is 0.927. The van der Waals surface area contributed by atoms with Gasteiger partial charge in [0.05, 0.1) is 18.2 Å². The Kier molecular flexibility index (Phi) is 5.89. The summed E-state index contributed by atoms with van der Waals surface area (Å²) < 4.78 is 0. The Morgan fingerprint density at radius 1 is 1.57 bits per heavy atom. The van der Waals surface area contributed by atoms with Crippen molar-refractivity contribution in [3.8, 4) is 6.07 Å². The fourth-order valence-electron chi connectivity index (χ4n) is 1.01. The maximum atomic E-state index is 11.5. The number of nitrogens with one attached hydrogen (secondary N) is 1. The highest BCUT2D eigenvalue weighted by molar-refractivity contribution is 5.81. The lowest BCUT2D eigenvalue weighted by molar-refractivity contribution is -0.125. The van der Waals surface area contributed by atoms with Crippen molar-refractivity contribution in [2.75, 3.05) is 13.6 Å². The maximum Gasteiger partial charge on any atom is 0.237 e. The van der Waals surface area contributed by atoms with Crippen LogP contribution in [0.5, 0.6) is 0 Å². The quantitative estimate of drug-likeness (QED) is 0.707. The number of nitrogens with zero attached hydrogens (tertiary/aromatic N) is 2. The number of hydrogen-bond donors (Lipinski definition) is 1. The van der Waals surface area contributed by atoms with Crippen LogP contribution < -0.4 is 5.32 Å². The summed E-state index contributed by atoms with van der Waals surface area (Å²) in [6, 6.07) is 1.61. The van der Waals surface area contributed by atoms with E-state index in [1.807, 2.05) is 6.92 Å². The maximum absolute atomic E-state index is 11.5. The van der Waals surface area contributed by atoms with Crippen LogP contribution in [0, 0.1) is 11.3 Å². The molecule has 4 nitrogen and oxygen atoms in total. The highest BCUT2D eigenvalue weighted by Crippen LogP contribution is 2.01. The van der Waals surface area contributed by atoms with Crippen LogP contribution in [0.25, 0.3) is 0 Å². The molecule has 1 amide bonds. The van der Waals surface area contributed by atoms with Crippen LogP contribution in [0.1, 0.15) is 27.2 Å². The van der Waals surface area contributed by atoms with Crippen LogP contribution in [-0.4, -0.2) is 36.5 Å². The summed E-state index contributed by atoms with van der Waals surface area (Å²) in [6.45, 7) is 6.28. The van der Waals surface area contributed by atoms with Crippen molar-refractivity contribution in [1.82, 2.24) is 10.2 Å². The Hall–Kier alpha value is -1.08. The first-order valence-electron chi connectivity index (χ1n) is 4.93. The molecular weight excluding hydrogens is 178 g/mol. The highest BCUT2D eigenvalue weighted by Gasteiger charge is 2.21. The van der Waals surface area contributed by atoms with Gasteiger partial charge in [-0.3, -0.25) is 9.69 Å². The molecule has 0 bridgehead atoms. The van der Waals surface area contributed by atoms with Crippen molar-refractivity contribution < 1.29 is 4.79 Å². The van der Waals surface area contributed by atoms with Crippen molar-refractivity contribution in [3.05, 3.63) is 0 Å². The summed E-state index contributed by atoms with van der Waals surface area (Å²) in [5.41, 5.74) is 0. The molecule has 0 saturated carbocycles. The average molecular weight is 197 g/mol. The number of amides is 1. The van der Waals surface area contributed by atoms with E-state index in [1.54, 1.807) is 25.8 Å². The van der Waals surface area contributed by atoms with Crippen LogP contribution in [0.4, 0.5) is 0 Å². The molecular formula is C10H19N3O. The lowest BCUT2D eigenvalue weighted by atomic mass is 10.2. The van der Waals surface area contributed by atoms with E-state index >= 15 is 0 Å². The minimum absolute atomic E-state index is 0.0172. The van der Waals surface area contributed by atoms with Crippen LogP contribution in [-0.2, 0) is 4.79 Å². The van der Waals surface area contributed by atoms with Crippen LogP contribution >= 0.6 is 0 Å². The smallest absolute Gasteiger partial charge is 0.237 e. The molecule has 0 aliphatic heterocycles. The lowest BCUT2D eigenvalue weighted by Crippen LogP contribution is -2.46. The van der Waals surface area contributed by atoms with Gasteiger partial charge in [0.2, 0.25) is 5.91 Å². The minimum atomic E-state index is -0.254. The molecule has 0 rings (SSSR count). The summed E-state index contributed by atoms with van der Waals surface area (Å²) in [4.78, 5) is 13.3. The number of hydrogen-bond acceptors (Lipinski definition) is 3. The van der Waals surface area contributed by atoms with Crippen LogP contribution in [0.3, 0.4) is 0 Å². The van der Waals surface area contributed by atoms with Crippen molar-refractivity contribution in [1.29, 1.82) is 5.26 Å². The monoisotopic (exact) mass is 197 g/mol. The zero-order chi connectivity index (χ0) is 11.1. The van der Waals surface area contributed by atoms with E-state index in [2.05, 4.69) is 11.4 Å².